The third kappa shape index (κ3) is 2.75. The van der Waals surface area contributed by atoms with Crippen LogP contribution in [0.2, 0.25) is 0 Å². The van der Waals surface area contributed by atoms with Gasteiger partial charge in [0.2, 0.25) is 0 Å². The van der Waals surface area contributed by atoms with E-state index in [9.17, 15) is 4.79 Å². The van der Waals surface area contributed by atoms with E-state index in [2.05, 4.69) is 12.0 Å². The van der Waals surface area contributed by atoms with Gasteiger partial charge in [0.05, 0.1) is 17.3 Å². The Morgan fingerprint density at radius 1 is 1.35 bits per heavy atom. The fourth-order valence-corrected chi connectivity index (χ4v) is 2.59. The molecule has 0 aromatic heterocycles. The lowest BCUT2D eigenvalue weighted by Crippen LogP contribution is -2.29. The molecule has 0 radical (unpaired) electrons. The molecule has 4 nitrogen and oxygen atoms in total. The van der Waals surface area contributed by atoms with Crippen LogP contribution in [0.25, 0.3) is 0 Å². The molecule has 1 unspecified atom stereocenters. The van der Waals surface area contributed by atoms with Crippen LogP contribution in [0, 0.1) is 19.8 Å². The first-order chi connectivity index (χ1) is 9.58. The molecule has 0 saturated carbocycles. The smallest absolute Gasteiger partial charge is 0.256 e. The summed E-state index contributed by atoms with van der Waals surface area (Å²) >= 11 is 0. The van der Waals surface area contributed by atoms with Gasteiger partial charge in [-0.05, 0) is 50.4 Å². The lowest BCUT2D eigenvalue weighted by atomic mass is 9.96. The molecule has 2 rings (SSSR count). The van der Waals surface area contributed by atoms with E-state index in [0.29, 0.717) is 13.0 Å². The number of nitrogens with zero attached hydrogens (tertiary/aromatic N) is 2. The summed E-state index contributed by atoms with van der Waals surface area (Å²) in [6.07, 6.45) is 2.53. The Bertz CT molecular complexity index is 537. The van der Waals surface area contributed by atoms with Gasteiger partial charge in [-0.3, -0.25) is 4.79 Å². The lowest BCUT2D eigenvalue weighted by molar-refractivity contribution is -0.119. The predicted octanol–water partition coefficient (Wildman–Crippen LogP) is 2.77. The van der Waals surface area contributed by atoms with Crippen LogP contribution < -0.4 is 10.7 Å². The van der Waals surface area contributed by atoms with Crippen molar-refractivity contribution in [2.75, 3.05) is 11.6 Å². The van der Waals surface area contributed by atoms with E-state index in [4.69, 9.17) is 5.73 Å². The van der Waals surface area contributed by atoms with E-state index in [1.54, 1.807) is 5.01 Å². The summed E-state index contributed by atoms with van der Waals surface area (Å²) in [6.45, 7) is 6.65. The average molecular weight is 273 g/mol. The first-order valence-electron chi connectivity index (χ1n) is 7.27. The second-order valence-corrected chi connectivity index (χ2v) is 5.41. The van der Waals surface area contributed by atoms with E-state index in [1.165, 1.54) is 0 Å². The maximum absolute atomic E-state index is 12.6. The molecule has 20 heavy (non-hydrogen) atoms. The molecule has 1 aliphatic rings. The van der Waals surface area contributed by atoms with Crippen molar-refractivity contribution in [2.45, 2.75) is 40.0 Å². The van der Waals surface area contributed by atoms with Gasteiger partial charge in [0, 0.05) is 0 Å². The Morgan fingerprint density at radius 2 is 2.10 bits per heavy atom. The highest BCUT2D eigenvalue weighted by Gasteiger charge is 2.35. The molecule has 0 aliphatic carbocycles. The van der Waals surface area contributed by atoms with E-state index < -0.39 is 0 Å². The minimum Gasteiger partial charge on any atom is -0.330 e. The van der Waals surface area contributed by atoms with Gasteiger partial charge in [0.15, 0.2) is 0 Å². The van der Waals surface area contributed by atoms with E-state index in [-0.39, 0.29) is 11.8 Å². The highest BCUT2D eigenvalue weighted by molar-refractivity contribution is 6.15. The van der Waals surface area contributed by atoms with Gasteiger partial charge in [-0.15, -0.1) is 0 Å². The summed E-state index contributed by atoms with van der Waals surface area (Å²) < 4.78 is 0. The number of carbonyl (C=O) groups is 1. The van der Waals surface area contributed by atoms with Gasteiger partial charge >= 0.3 is 0 Å². The molecular formula is C16H23N3O. The van der Waals surface area contributed by atoms with Gasteiger partial charge in [-0.2, -0.15) is 10.1 Å². The molecule has 1 aromatic carbocycles. The van der Waals surface area contributed by atoms with Crippen LogP contribution in [0.15, 0.2) is 23.3 Å². The lowest BCUT2D eigenvalue weighted by Gasteiger charge is -2.17. The van der Waals surface area contributed by atoms with Crippen molar-refractivity contribution in [1.29, 1.82) is 0 Å². The van der Waals surface area contributed by atoms with Crippen molar-refractivity contribution in [3.8, 4) is 0 Å². The van der Waals surface area contributed by atoms with Gasteiger partial charge in [0.1, 0.15) is 0 Å². The highest BCUT2D eigenvalue weighted by Crippen LogP contribution is 2.30. The fraction of sp³-hybridized carbons (Fsp3) is 0.500. The second-order valence-electron chi connectivity index (χ2n) is 5.41. The van der Waals surface area contributed by atoms with Crippen LogP contribution in [0.1, 0.15) is 37.3 Å². The Hall–Kier alpha value is -1.68. The Labute approximate surface area is 120 Å². The molecule has 1 atom stereocenters. The minimum atomic E-state index is -0.139. The number of anilines is 1. The summed E-state index contributed by atoms with van der Waals surface area (Å²) in [4.78, 5) is 12.6. The topological polar surface area (TPSA) is 58.7 Å². The molecule has 0 saturated heterocycles. The Kier molecular flexibility index (Phi) is 4.55. The van der Waals surface area contributed by atoms with E-state index >= 15 is 0 Å². The minimum absolute atomic E-state index is 0.0626. The third-order valence-electron chi connectivity index (χ3n) is 3.69. The van der Waals surface area contributed by atoms with Crippen LogP contribution in [0.4, 0.5) is 5.69 Å². The number of hydrogen-bond acceptors (Lipinski definition) is 3. The van der Waals surface area contributed by atoms with Crippen LogP contribution in [-0.4, -0.2) is 18.2 Å². The van der Waals surface area contributed by atoms with Crippen molar-refractivity contribution in [3.63, 3.8) is 0 Å². The zero-order valence-electron chi connectivity index (χ0n) is 12.5. The number of aryl methyl sites for hydroxylation is 2. The average Bonchev–Trinajstić information content (AvgIpc) is 2.71. The molecule has 1 aliphatic heterocycles. The molecule has 108 valence electrons. The van der Waals surface area contributed by atoms with Gasteiger partial charge in [-0.1, -0.05) is 25.5 Å². The third-order valence-corrected chi connectivity index (χ3v) is 3.69. The first kappa shape index (κ1) is 14.7. The zero-order chi connectivity index (χ0) is 14.7. The zero-order valence-corrected chi connectivity index (χ0v) is 12.5. The number of amides is 1. The number of benzene rings is 1. The summed E-state index contributed by atoms with van der Waals surface area (Å²) in [6, 6.07) is 6.10. The van der Waals surface area contributed by atoms with Crippen LogP contribution in [0.5, 0.6) is 0 Å². The standard InChI is InChI=1S/C16H23N3O/c1-4-5-14-13(8-9-17)16(20)19(18-14)15-10-11(2)6-7-12(15)3/h6-7,10,13H,4-5,8-9,17H2,1-3H3. The van der Waals surface area contributed by atoms with Crippen LogP contribution >= 0.6 is 0 Å². The molecule has 0 spiro atoms. The molecule has 2 N–H and O–H groups in total. The molecule has 0 bridgehead atoms. The van der Waals surface area contributed by atoms with E-state index in [1.807, 2.05) is 32.0 Å². The van der Waals surface area contributed by atoms with Crippen molar-refractivity contribution in [3.05, 3.63) is 29.3 Å². The predicted molar refractivity (Wildman–Crippen MR) is 82.9 cm³/mol. The number of hydrogen-bond donors (Lipinski definition) is 1. The quantitative estimate of drug-likeness (QED) is 0.896. The molecule has 1 aromatic rings. The molecule has 1 heterocycles. The number of rotatable bonds is 5. The molecule has 0 fully saturated rings. The maximum atomic E-state index is 12.6. The van der Waals surface area contributed by atoms with Crippen molar-refractivity contribution in [2.24, 2.45) is 16.8 Å². The molecular weight excluding hydrogens is 250 g/mol. The van der Waals surface area contributed by atoms with Gasteiger partial charge in [-0.25, -0.2) is 0 Å². The summed E-state index contributed by atoms with van der Waals surface area (Å²) in [5.41, 5.74) is 9.71. The maximum Gasteiger partial charge on any atom is 0.256 e. The normalized spacial score (nSPS) is 18.6. The van der Waals surface area contributed by atoms with Crippen molar-refractivity contribution in [1.82, 2.24) is 0 Å². The number of carbonyl (C=O) groups excluding carboxylic acids is 1. The van der Waals surface area contributed by atoms with E-state index in [0.717, 1.165) is 35.4 Å². The summed E-state index contributed by atoms with van der Waals surface area (Å²) in [7, 11) is 0. The SMILES string of the molecule is CCCC1=NN(c2cc(C)ccc2C)C(=O)C1CCN. The second kappa shape index (κ2) is 6.18. The van der Waals surface area contributed by atoms with Crippen LogP contribution in [0.3, 0.4) is 0 Å². The monoisotopic (exact) mass is 273 g/mol. The van der Waals surface area contributed by atoms with Gasteiger partial charge in [0.25, 0.3) is 5.91 Å². The molecule has 1 amide bonds. The first-order valence-corrected chi connectivity index (χ1v) is 7.27. The highest BCUT2D eigenvalue weighted by atomic mass is 16.2. The Balaban J connectivity index is 2.37. The van der Waals surface area contributed by atoms with Crippen LogP contribution in [-0.2, 0) is 4.79 Å². The fourth-order valence-electron chi connectivity index (χ4n) is 2.59. The largest absolute Gasteiger partial charge is 0.330 e. The summed E-state index contributed by atoms with van der Waals surface area (Å²) in [5, 5.41) is 6.15. The van der Waals surface area contributed by atoms with Crippen molar-refractivity contribution < 1.29 is 4.79 Å². The number of hydrazone groups is 1. The number of nitrogens with two attached hydrogens (primary N) is 1. The Morgan fingerprint density at radius 3 is 2.75 bits per heavy atom. The molecule has 4 heteroatoms. The van der Waals surface area contributed by atoms with Crippen molar-refractivity contribution >= 4 is 17.3 Å². The van der Waals surface area contributed by atoms with Gasteiger partial charge < -0.3 is 5.73 Å². The summed E-state index contributed by atoms with van der Waals surface area (Å²) in [5.74, 6) is -0.0764.